The highest BCUT2D eigenvalue weighted by atomic mass is 16.5. The Labute approximate surface area is 107 Å². The van der Waals surface area contributed by atoms with Crippen molar-refractivity contribution in [3.63, 3.8) is 0 Å². The lowest BCUT2D eigenvalue weighted by Gasteiger charge is -2.29. The number of hydrogen-bond donors (Lipinski definition) is 1. The standard InChI is InChI=1S/C14H31NO2/c1-7-11-15-13(12(3)17-8-2)9-10-14(4,5)16-6/h12-13,15H,7-11H2,1-6H3. The van der Waals surface area contributed by atoms with Crippen LogP contribution in [0.15, 0.2) is 0 Å². The van der Waals surface area contributed by atoms with Gasteiger partial charge in [0, 0.05) is 19.8 Å². The van der Waals surface area contributed by atoms with Crippen LogP contribution in [0.1, 0.15) is 53.9 Å². The van der Waals surface area contributed by atoms with Gasteiger partial charge in [-0.05, 0) is 53.5 Å². The van der Waals surface area contributed by atoms with Gasteiger partial charge in [0.05, 0.1) is 11.7 Å². The highest BCUT2D eigenvalue weighted by Gasteiger charge is 2.22. The van der Waals surface area contributed by atoms with Gasteiger partial charge in [0.15, 0.2) is 0 Å². The third-order valence-electron chi connectivity index (χ3n) is 3.26. The predicted molar refractivity (Wildman–Crippen MR) is 73.5 cm³/mol. The molecule has 2 unspecified atom stereocenters. The van der Waals surface area contributed by atoms with Crippen LogP contribution in [0.4, 0.5) is 0 Å². The molecule has 0 amide bonds. The van der Waals surface area contributed by atoms with Crippen molar-refractivity contribution in [2.24, 2.45) is 0 Å². The molecule has 0 spiro atoms. The van der Waals surface area contributed by atoms with Gasteiger partial charge in [-0.2, -0.15) is 0 Å². The van der Waals surface area contributed by atoms with Gasteiger partial charge in [-0.25, -0.2) is 0 Å². The lowest BCUT2D eigenvalue weighted by molar-refractivity contribution is -0.000363. The number of nitrogens with one attached hydrogen (secondary N) is 1. The molecular formula is C14H31NO2. The molecule has 0 aliphatic carbocycles. The minimum atomic E-state index is -0.0436. The number of methoxy groups -OCH3 is 1. The van der Waals surface area contributed by atoms with Crippen LogP contribution in [-0.4, -0.2) is 38.0 Å². The van der Waals surface area contributed by atoms with Gasteiger partial charge < -0.3 is 14.8 Å². The zero-order valence-corrected chi connectivity index (χ0v) is 12.5. The fraction of sp³-hybridized carbons (Fsp3) is 1.00. The van der Waals surface area contributed by atoms with E-state index < -0.39 is 0 Å². The van der Waals surface area contributed by atoms with E-state index in [9.17, 15) is 0 Å². The summed E-state index contributed by atoms with van der Waals surface area (Å²) in [6.45, 7) is 12.5. The zero-order chi connectivity index (χ0) is 13.3. The summed E-state index contributed by atoms with van der Waals surface area (Å²) < 4.78 is 11.2. The molecule has 0 radical (unpaired) electrons. The van der Waals surface area contributed by atoms with Gasteiger partial charge in [-0.1, -0.05) is 6.92 Å². The second-order valence-electron chi connectivity index (χ2n) is 5.22. The topological polar surface area (TPSA) is 30.5 Å². The first-order valence-electron chi connectivity index (χ1n) is 6.87. The van der Waals surface area contributed by atoms with E-state index in [-0.39, 0.29) is 11.7 Å². The van der Waals surface area contributed by atoms with E-state index in [0.29, 0.717) is 6.04 Å². The summed E-state index contributed by atoms with van der Waals surface area (Å²) in [5, 5.41) is 3.57. The Bertz CT molecular complexity index is 183. The fourth-order valence-electron chi connectivity index (χ4n) is 1.82. The van der Waals surface area contributed by atoms with Crippen molar-refractivity contribution < 1.29 is 9.47 Å². The van der Waals surface area contributed by atoms with Crippen LogP contribution in [-0.2, 0) is 9.47 Å². The molecule has 0 heterocycles. The molecule has 3 heteroatoms. The second kappa shape index (κ2) is 8.90. The second-order valence-corrected chi connectivity index (χ2v) is 5.22. The molecule has 0 rings (SSSR count). The van der Waals surface area contributed by atoms with Crippen LogP contribution in [0.5, 0.6) is 0 Å². The summed E-state index contributed by atoms with van der Waals surface area (Å²) >= 11 is 0. The zero-order valence-electron chi connectivity index (χ0n) is 12.5. The Hall–Kier alpha value is -0.120. The number of ether oxygens (including phenoxy) is 2. The Morgan fingerprint density at radius 1 is 1.24 bits per heavy atom. The smallest absolute Gasteiger partial charge is 0.0699 e. The van der Waals surface area contributed by atoms with E-state index in [1.165, 1.54) is 0 Å². The third-order valence-corrected chi connectivity index (χ3v) is 3.26. The van der Waals surface area contributed by atoms with Gasteiger partial charge in [0.1, 0.15) is 0 Å². The van der Waals surface area contributed by atoms with Crippen LogP contribution in [0.2, 0.25) is 0 Å². The van der Waals surface area contributed by atoms with Gasteiger partial charge >= 0.3 is 0 Å². The van der Waals surface area contributed by atoms with Crippen LogP contribution in [0.25, 0.3) is 0 Å². The summed E-state index contributed by atoms with van der Waals surface area (Å²) in [6, 6.07) is 0.421. The molecule has 0 aliphatic heterocycles. The van der Waals surface area contributed by atoms with E-state index >= 15 is 0 Å². The van der Waals surface area contributed by atoms with Crippen molar-refractivity contribution in [1.29, 1.82) is 0 Å². The summed E-state index contributed by atoms with van der Waals surface area (Å²) in [5.74, 6) is 0. The van der Waals surface area contributed by atoms with Gasteiger partial charge in [-0.3, -0.25) is 0 Å². The van der Waals surface area contributed by atoms with Gasteiger partial charge in [0.2, 0.25) is 0 Å². The average molecular weight is 245 g/mol. The molecule has 17 heavy (non-hydrogen) atoms. The monoisotopic (exact) mass is 245 g/mol. The maximum atomic E-state index is 5.70. The van der Waals surface area contributed by atoms with E-state index in [1.54, 1.807) is 7.11 Å². The largest absolute Gasteiger partial charge is 0.379 e. The summed E-state index contributed by atoms with van der Waals surface area (Å²) in [7, 11) is 1.78. The predicted octanol–water partition coefficient (Wildman–Crippen LogP) is 2.98. The molecule has 0 bridgehead atoms. The fourth-order valence-corrected chi connectivity index (χ4v) is 1.82. The first-order chi connectivity index (χ1) is 7.96. The third kappa shape index (κ3) is 7.74. The maximum Gasteiger partial charge on any atom is 0.0699 e. The first kappa shape index (κ1) is 16.9. The molecule has 0 aromatic rings. The van der Waals surface area contributed by atoms with Crippen molar-refractivity contribution in [2.75, 3.05) is 20.3 Å². The molecular weight excluding hydrogens is 214 g/mol. The minimum absolute atomic E-state index is 0.0436. The molecule has 0 aliphatic rings. The first-order valence-corrected chi connectivity index (χ1v) is 6.87. The Kier molecular flexibility index (Phi) is 8.83. The molecule has 0 saturated heterocycles. The molecule has 0 aromatic heterocycles. The number of rotatable bonds is 10. The van der Waals surface area contributed by atoms with Crippen LogP contribution >= 0.6 is 0 Å². The maximum absolute atomic E-state index is 5.70. The Balaban J connectivity index is 4.18. The van der Waals surface area contributed by atoms with Crippen molar-refractivity contribution in [1.82, 2.24) is 5.32 Å². The Morgan fingerprint density at radius 2 is 1.88 bits per heavy atom. The van der Waals surface area contributed by atoms with Crippen LogP contribution < -0.4 is 5.32 Å². The minimum Gasteiger partial charge on any atom is -0.379 e. The summed E-state index contributed by atoms with van der Waals surface area (Å²) in [6.07, 6.45) is 3.55. The molecule has 2 atom stereocenters. The quantitative estimate of drug-likeness (QED) is 0.642. The highest BCUT2D eigenvalue weighted by Crippen LogP contribution is 2.18. The molecule has 3 nitrogen and oxygen atoms in total. The molecule has 0 fully saturated rings. The van der Waals surface area contributed by atoms with Crippen LogP contribution in [0, 0.1) is 0 Å². The van der Waals surface area contributed by atoms with Crippen molar-refractivity contribution in [3.05, 3.63) is 0 Å². The highest BCUT2D eigenvalue weighted by molar-refractivity contribution is 4.78. The van der Waals surface area contributed by atoms with E-state index in [1.807, 2.05) is 6.92 Å². The van der Waals surface area contributed by atoms with E-state index in [4.69, 9.17) is 9.47 Å². The molecule has 0 saturated carbocycles. The average Bonchev–Trinajstić information content (AvgIpc) is 2.29. The normalized spacial score (nSPS) is 15.9. The summed E-state index contributed by atoms with van der Waals surface area (Å²) in [4.78, 5) is 0. The van der Waals surface area contributed by atoms with Crippen molar-refractivity contribution in [2.45, 2.75) is 71.6 Å². The van der Waals surface area contributed by atoms with Crippen molar-refractivity contribution in [3.8, 4) is 0 Å². The Morgan fingerprint density at radius 3 is 2.35 bits per heavy atom. The summed E-state index contributed by atoms with van der Waals surface area (Å²) in [5.41, 5.74) is -0.0436. The van der Waals surface area contributed by atoms with Crippen molar-refractivity contribution >= 4 is 0 Å². The van der Waals surface area contributed by atoms with Crippen LogP contribution in [0.3, 0.4) is 0 Å². The molecule has 0 aromatic carbocycles. The van der Waals surface area contributed by atoms with Gasteiger partial charge in [0.25, 0.3) is 0 Å². The molecule has 1 N–H and O–H groups in total. The van der Waals surface area contributed by atoms with E-state index in [2.05, 4.69) is 33.0 Å². The molecule has 104 valence electrons. The van der Waals surface area contributed by atoms with Gasteiger partial charge in [-0.15, -0.1) is 0 Å². The number of hydrogen-bond acceptors (Lipinski definition) is 3. The lowest BCUT2D eigenvalue weighted by atomic mass is 9.96. The van der Waals surface area contributed by atoms with E-state index in [0.717, 1.165) is 32.4 Å². The SMILES string of the molecule is CCCNC(CCC(C)(C)OC)C(C)OCC. The lowest BCUT2D eigenvalue weighted by Crippen LogP contribution is -2.41.